The van der Waals surface area contributed by atoms with Gasteiger partial charge in [-0.3, -0.25) is 0 Å². The molecule has 0 aliphatic carbocycles. The summed E-state index contributed by atoms with van der Waals surface area (Å²) in [7, 11) is 4.15. The molecule has 0 amide bonds. The Labute approximate surface area is 232 Å². The van der Waals surface area contributed by atoms with Gasteiger partial charge in [-0.1, -0.05) is 35.9 Å². The first-order chi connectivity index (χ1) is 18.9. The molecule has 4 aliphatic heterocycles. The van der Waals surface area contributed by atoms with Crippen molar-refractivity contribution in [1.82, 2.24) is 20.2 Å². The molecule has 0 unspecified atom stereocenters. The van der Waals surface area contributed by atoms with Crippen LogP contribution in [-0.2, 0) is 6.42 Å². The fourth-order valence-corrected chi connectivity index (χ4v) is 6.61. The van der Waals surface area contributed by atoms with Crippen LogP contribution in [-0.4, -0.2) is 78.4 Å². The number of anilines is 2. The summed E-state index contributed by atoms with van der Waals surface area (Å²) in [4.78, 5) is 16.5. The molecule has 4 saturated heterocycles. The van der Waals surface area contributed by atoms with E-state index < -0.39 is 5.82 Å². The second-order valence-corrected chi connectivity index (χ2v) is 11.8. The number of halogens is 2. The number of piperazine rings is 1. The van der Waals surface area contributed by atoms with E-state index in [-0.39, 0.29) is 12.2 Å². The highest BCUT2D eigenvalue weighted by molar-refractivity contribution is 6.32. The first kappa shape index (κ1) is 24.8. The summed E-state index contributed by atoms with van der Waals surface area (Å²) in [6.07, 6.45) is 2.48. The SMILES string of the molecule is CN(C)C1CN(c2nc(N3C[C@@H]4CC[C@@H]3CN4)c3cc(Cl)c(Cc4cc(O)cc5ccccc45)c(F)c3n2)C1. The summed E-state index contributed by atoms with van der Waals surface area (Å²) in [5.41, 5.74) is 1.50. The Hall–Kier alpha value is -3.20. The highest BCUT2D eigenvalue weighted by Crippen LogP contribution is 2.39. The van der Waals surface area contributed by atoms with Crippen molar-refractivity contribution in [1.29, 1.82) is 0 Å². The van der Waals surface area contributed by atoms with Crippen LogP contribution >= 0.6 is 11.6 Å². The first-order valence-corrected chi connectivity index (χ1v) is 14.0. The minimum absolute atomic E-state index is 0.148. The lowest BCUT2D eigenvalue weighted by Crippen LogP contribution is -2.61. The van der Waals surface area contributed by atoms with Gasteiger partial charge in [0.15, 0.2) is 5.82 Å². The van der Waals surface area contributed by atoms with Gasteiger partial charge in [0, 0.05) is 66.7 Å². The van der Waals surface area contributed by atoms with Crippen LogP contribution in [0.2, 0.25) is 5.02 Å². The van der Waals surface area contributed by atoms with Crippen molar-refractivity contribution in [3.8, 4) is 5.75 Å². The van der Waals surface area contributed by atoms with Crippen molar-refractivity contribution >= 4 is 45.0 Å². The molecule has 5 heterocycles. The van der Waals surface area contributed by atoms with Gasteiger partial charge in [0.25, 0.3) is 0 Å². The van der Waals surface area contributed by atoms with Crippen LogP contribution in [0.3, 0.4) is 0 Å². The zero-order chi connectivity index (χ0) is 26.8. The van der Waals surface area contributed by atoms with Gasteiger partial charge >= 0.3 is 0 Å². The molecule has 4 fully saturated rings. The molecule has 1 aromatic heterocycles. The molecule has 0 saturated carbocycles. The average Bonchev–Trinajstić information content (AvgIpc) is 2.90. The number of rotatable bonds is 5. The predicted molar refractivity (Wildman–Crippen MR) is 155 cm³/mol. The average molecular weight is 547 g/mol. The molecular weight excluding hydrogens is 515 g/mol. The maximum absolute atomic E-state index is 16.5. The minimum Gasteiger partial charge on any atom is -0.508 e. The number of fused-ring (bicyclic) bond motifs is 5. The van der Waals surface area contributed by atoms with E-state index in [1.165, 1.54) is 0 Å². The highest BCUT2D eigenvalue weighted by Gasteiger charge is 2.37. The van der Waals surface area contributed by atoms with E-state index in [1.54, 1.807) is 12.1 Å². The Morgan fingerprint density at radius 1 is 1.08 bits per heavy atom. The zero-order valence-corrected chi connectivity index (χ0v) is 22.9. The molecule has 2 atom stereocenters. The van der Waals surface area contributed by atoms with Gasteiger partial charge in [0.1, 0.15) is 17.1 Å². The Morgan fingerprint density at radius 3 is 2.62 bits per heavy atom. The second-order valence-electron chi connectivity index (χ2n) is 11.4. The zero-order valence-electron chi connectivity index (χ0n) is 22.2. The molecule has 4 aliphatic rings. The van der Waals surface area contributed by atoms with Gasteiger partial charge in [-0.15, -0.1) is 0 Å². The third-order valence-electron chi connectivity index (χ3n) is 8.74. The quantitative estimate of drug-likeness (QED) is 0.380. The number of phenols is 1. The molecule has 9 heteroatoms. The van der Waals surface area contributed by atoms with Crippen LogP contribution in [0.15, 0.2) is 42.5 Å². The largest absolute Gasteiger partial charge is 0.508 e. The lowest BCUT2D eigenvalue weighted by molar-refractivity contribution is 0.245. The molecule has 4 aromatic rings. The first-order valence-electron chi connectivity index (χ1n) is 13.7. The normalized spacial score (nSPS) is 21.4. The van der Waals surface area contributed by atoms with Crippen LogP contribution in [0, 0.1) is 5.82 Å². The number of benzene rings is 3. The maximum atomic E-state index is 16.5. The number of nitrogens with zero attached hydrogens (tertiary/aromatic N) is 5. The van der Waals surface area contributed by atoms with Gasteiger partial charge < -0.3 is 25.1 Å². The molecule has 0 spiro atoms. The van der Waals surface area contributed by atoms with E-state index in [2.05, 4.69) is 34.1 Å². The smallest absolute Gasteiger partial charge is 0.228 e. The predicted octanol–water partition coefficient (Wildman–Crippen LogP) is 4.56. The van der Waals surface area contributed by atoms with Gasteiger partial charge in [-0.25, -0.2) is 9.37 Å². The summed E-state index contributed by atoms with van der Waals surface area (Å²) in [5.74, 6) is 1.07. The molecule has 7 nitrogen and oxygen atoms in total. The molecule has 39 heavy (non-hydrogen) atoms. The summed E-state index contributed by atoms with van der Waals surface area (Å²) in [6, 6.07) is 14.2. The van der Waals surface area contributed by atoms with E-state index in [0.29, 0.717) is 45.6 Å². The monoisotopic (exact) mass is 546 g/mol. The molecular formula is C30H32ClFN6O. The van der Waals surface area contributed by atoms with Crippen LogP contribution in [0.25, 0.3) is 21.7 Å². The highest BCUT2D eigenvalue weighted by atomic mass is 35.5. The third kappa shape index (κ3) is 4.26. The number of likely N-dealkylation sites (N-methyl/N-ethyl adjacent to an activating group) is 1. The molecule has 0 radical (unpaired) electrons. The molecule has 8 rings (SSSR count). The number of aromatic nitrogens is 2. The Balaban J connectivity index is 1.36. The van der Waals surface area contributed by atoms with Crippen molar-refractivity contribution in [2.24, 2.45) is 0 Å². The van der Waals surface area contributed by atoms with Crippen LogP contribution in [0.5, 0.6) is 5.75 Å². The van der Waals surface area contributed by atoms with Gasteiger partial charge in [-0.2, -0.15) is 4.98 Å². The molecule has 2 bridgehead atoms. The van der Waals surface area contributed by atoms with Crippen LogP contribution in [0.4, 0.5) is 16.2 Å². The molecule has 202 valence electrons. The lowest BCUT2D eigenvalue weighted by Gasteiger charge is -2.47. The summed E-state index contributed by atoms with van der Waals surface area (Å²) >= 11 is 6.83. The summed E-state index contributed by atoms with van der Waals surface area (Å²) < 4.78 is 16.5. The molecule has 2 N–H and O–H groups in total. The number of piperidine rings is 2. The van der Waals surface area contributed by atoms with E-state index in [1.807, 2.05) is 30.3 Å². The number of aromatic hydroxyl groups is 1. The third-order valence-corrected chi connectivity index (χ3v) is 9.08. The molecule has 3 aromatic carbocycles. The number of hydrogen-bond donors (Lipinski definition) is 2. The minimum atomic E-state index is -0.417. The van der Waals surface area contributed by atoms with Crippen molar-refractivity contribution in [2.45, 2.75) is 37.4 Å². The fourth-order valence-electron chi connectivity index (χ4n) is 6.35. The maximum Gasteiger partial charge on any atom is 0.228 e. The number of phenolic OH excluding ortho intramolecular Hbond substituents is 1. The van der Waals surface area contributed by atoms with Crippen molar-refractivity contribution < 1.29 is 9.50 Å². The lowest BCUT2D eigenvalue weighted by atomic mass is 9.92. The second kappa shape index (κ2) is 9.47. The Kier molecular flexibility index (Phi) is 6.02. The number of hydrogen-bond acceptors (Lipinski definition) is 7. The van der Waals surface area contributed by atoms with Gasteiger partial charge in [0.2, 0.25) is 5.95 Å². The van der Waals surface area contributed by atoms with E-state index in [4.69, 9.17) is 21.6 Å². The fraction of sp³-hybridized carbons (Fsp3) is 0.400. The number of nitrogens with one attached hydrogen (secondary N) is 1. The Morgan fingerprint density at radius 2 is 1.90 bits per heavy atom. The van der Waals surface area contributed by atoms with Crippen LogP contribution in [0.1, 0.15) is 24.0 Å². The van der Waals surface area contributed by atoms with E-state index >= 15 is 4.39 Å². The Bertz CT molecular complexity index is 1580. The van der Waals surface area contributed by atoms with E-state index in [9.17, 15) is 5.11 Å². The standard InChI is InChI=1S/C30H32ClFN6O/c1-36(2)21-15-37(16-21)30-34-28-25(29(35-30)38-14-19-7-8-20(38)13-33-19)12-26(31)24(27(28)32)11-18-10-22(39)9-17-5-3-4-6-23(17)18/h3-6,9-10,12,19-21,33,39H,7-8,11,13-16H2,1-2H3/t19-,20+/m0/s1. The van der Waals surface area contributed by atoms with Gasteiger partial charge in [0.05, 0.1) is 0 Å². The van der Waals surface area contributed by atoms with Crippen molar-refractivity contribution in [3.63, 3.8) is 0 Å². The van der Waals surface area contributed by atoms with Crippen molar-refractivity contribution in [2.75, 3.05) is 50.1 Å². The van der Waals surface area contributed by atoms with Crippen molar-refractivity contribution in [3.05, 3.63) is 64.4 Å². The van der Waals surface area contributed by atoms with Crippen LogP contribution < -0.4 is 15.1 Å². The summed E-state index contributed by atoms with van der Waals surface area (Å²) in [6.45, 7) is 3.36. The van der Waals surface area contributed by atoms with E-state index in [0.717, 1.165) is 61.2 Å². The summed E-state index contributed by atoms with van der Waals surface area (Å²) in [5, 5.41) is 16.8. The van der Waals surface area contributed by atoms with Gasteiger partial charge in [-0.05, 0) is 61.5 Å². The topological polar surface area (TPSA) is 67.8 Å².